The molecule has 3 aromatic carbocycles. The van der Waals surface area contributed by atoms with Crippen LogP contribution in [0.5, 0.6) is 17.2 Å². The summed E-state index contributed by atoms with van der Waals surface area (Å²) >= 11 is 0. The van der Waals surface area contributed by atoms with Gasteiger partial charge in [0.2, 0.25) is 0 Å². The Morgan fingerprint density at radius 3 is 1.70 bits per heavy atom. The number of phenols is 3. The molecule has 0 aliphatic rings. The largest absolute Gasteiger partial charge is 0.508 e. The van der Waals surface area contributed by atoms with E-state index in [1.54, 1.807) is 31.3 Å². The Morgan fingerprint density at radius 1 is 0.667 bits per heavy atom. The molecule has 4 N–H and O–H groups in total. The fourth-order valence-electron chi connectivity index (χ4n) is 3.12. The molecule has 0 spiro atoms. The number of phenolic OH excluding ortho intramolecular Hbond substituents is 3. The van der Waals surface area contributed by atoms with Crippen molar-refractivity contribution in [3.63, 3.8) is 0 Å². The van der Waals surface area contributed by atoms with E-state index in [-0.39, 0.29) is 17.2 Å². The van der Waals surface area contributed by atoms with Gasteiger partial charge in [-0.15, -0.1) is 0 Å². The molecule has 0 fully saturated rings. The third kappa shape index (κ3) is 5.14. The van der Waals surface area contributed by atoms with E-state index in [2.05, 4.69) is 5.32 Å². The first kappa shape index (κ1) is 20.9. The Hall–Kier alpha value is -3.86. The zero-order valence-electron chi connectivity index (χ0n) is 17.3. The summed E-state index contributed by atoms with van der Waals surface area (Å²) in [4.78, 5) is 1.85. The van der Waals surface area contributed by atoms with Gasteiger partial charge in [-0.2, -0.15) is 0 Å². The summed E-state index contributed by atoms with van der Waals surface area (Å²) in [5.74, 6) is 0.563. The van der Waals surface area contributed by atoms with Crippen LogP contribution in [0.1, 0.15) is 22.3 Å². The number of benzene rings is 3. The van der Waals surface area contributed by atoms with Crippen LogP contribution in [0.15, 0.2) is 54.6 Å². The minimum absolute atomic E-state index is 0.163. The maximum Gasteiger partial charge on any atom is 0.139 e. The average Bonchev–Trinajstić information content (AvgIpc) is 2.70. The number of hydrogen-bond donors (Lipinski definition) is 4. The smallest absolute Gasteiger partial charge is 0.139 e. The fourth-order valence-corrected chi connectivity index (χ4v) is 3.12. The molecule has 0 bridgehead atoms. The predicted octanol–water partition coefficient (Wildman–Crippen LogP) is 5.25. The van der Waals surface area contributed by atoms with Crippen molar-refractivity contribution in [3.8, 4) is 17.2 Å². The van der Waals surface area contributed by atoms with Crippen LogP contribution in [0.3, 0.4) is 0 Å². The second kappa shape index (κ2) is 9.09. The van der Waals surface area contributed by atoms with Crippen LogP contribution in [0, 0.1) is 0 Å². The summed E-state index contributed by atoms with van der Waals surface area (Å²) in [6.45, 7) is 0. The lowest BCUT2D eigenvalue weighted by Gasteiger charge is -2.14. The quantitative estimate of drug-likeness (QED) is 0.335. The summed E-state index contributed by atoms with van der Waals surface area (Å²) in [5, 5.41) is 33.1. The Labute approximate surface area is 176 Å². The summed E-state index contributed by atoms with van der Waals surface area (Å²) in [6.07, 6.45) is 7.52. The van der Waals surface area contributed by atoms with Gasteiger partial charge in [-0.05, 0) is 64.7 Å². The summed E-state index contributed by atoms with van der Waals surface area (Å²) < 4.78 is 0. The van der Waals surface area contributed by atoms with Crippen molar-refractivity contribution in [2.45, 2.75) is 0 Å². The summed E-state index contributed by atoms with van der Waals surface area (Å²) in [7, 11) is 5.51. The van der Waals surface area contributed by atoms with Gasteiger partial charge in [-0.1, -0.05) is 36.4 Å². The van der Waals surface area contributed by atoms with E-state index < -0.39 is 0 Å². The molecule has 0 saturated carbocycles. The third-order valence-corrected chi connectivity index (χ3v) is 4.67. The molecule has 3 rings (SSSR count). The van der Waals surface area contributed by atoms with Crippen LogP contribution < -0.4 is 10.2 Å². The molecule has 0 unspecified atom stereocenters. The van der Waals surface area contributed by atoms with E-state index in [1.807, 2.05) is 73.6 Å². The van der Waals surface area contributed by atoms with Gasteiger partial charge in [0.15, 0.2) is 0 Å². The van der Waals surface area contributed by atoms with Crippen molar-refractivity contribution < 1.29 is 15.3 Å². The molecule has 0 aliphatic carbocycles. The van der Waals surface area contributed by atoms with E-state index in [0.29, 0.717) is 5.69 Å². The maximum absolute atomic E-state index is 10.1. The molecule has 3 aromatic rings. The van der Waals surface area contributed by atoms with Crippen LogP contribution in [-0.2, 0) is 0 Å². The fraction of sp³-hybridized carbons (Fsp3) is 0.120. The first-order chi connectivity index (χ1) is 14.4. The molecular formula is C25H26N2O3. The molecule has 5 nitrogen and oxygen atoms in total. The second-order valence-corrected chi connectivity index (χ2v) is 7.19. The highest BCUT2D eigenvalue weighted by molar-refractivity contribution is 5.77. The summed E-state index contributed by atoms with van der Waals surface area (Å²) in [6, 6.07) is 16.2. The van der Waals surface area contributed by atoms with Crippen LogP contribution in [0.25, 0.3) is 24.3 Å². The molecule has 0 atom stereocenters. The van der Waals surface area contributed by atoms with Gasteiger partial charge in [0, 0.05) is 21.1 Å². The number of nitrogens with one attached hydrogen (secondary N) is 1. The molecule has 0 aliphatic heterocycles. The van der Waals surface area contributed by atoms with Crippen LogP contribution in [-0.4, -0.2) is 36.5 Å². The third-order valence-electron chi connectivity index (χ3n) is 4.67. The first-order valence-electron chi connectivity index (χ1n) is 9.57. The number of anilines is 2. The first-order valence-corrected chi connectivity index (χ1v) is 9.57. The number of nitrogens with zero attached hydrogens (tertiary/aromatic N) is 1. The molecule has 154 valence electrons. The summed E-state index contributed by atoms with van der Waals surface area (Å²) in [5.41, 5.74) is 4.80. The van der Waals surface area contributed by atoms with Crippen LogP contribution in [0.2, 0.25) is 0 Å². The van der Waals surface area contributed by atoms with Gasteiger partial charge in [0.05, 0.1) is 11.4 Å². The van der Waals surface area contributed by atoms with Crippen molar-refractivity contribution in [1.29, 1.82) is 0 Å². The molecule has 0 radical (unpaired) electrons. The monoisotopic (exact) mass is 402 g/mol. The minimum Gasteiger partial charge on any atom is -0.508 e. The van der Waals surface area contributed by atoms with E-state index >= 15 is 0 Å². The highest BCUT2D eigenvalue weighted by Gasteiger charge is 2.03. The van der Waals surface area contributed by atoms with E-state index in [9.17, 15) is 15.3 Å². The van der Waals surface area contributed by atoms with Crippen LogP contribution >= 0.6 is 0 Å². The maximum atomic E-state index is 10.1. The lowest BCUT2D eigenvalue weighted by atomic mass is 10.1. The number of hydrogen-bond acceptors (Lipinski definition) is 5. The lowest BCUT2D eigenvalue weighted by Crippen LogP contribution is -2.08. The number of aromatic hydroxyl groups is 3. The van der Waals surface area contributed by atoms with Crippen molar-refractivity contribution in [3.05, 3.63) is 76.9 Å². The van der Waals surface area contributed by atoms with Gasteiger partial charge in [-0.3, -0.25) is 0 Å². The average molecular weight is 402 g/mol. The van der Waals surface area contributed by atoms with Crippen molar-refractivity contribution in [1.82, 2.24) is 0 Å². The van der Waals surface area contributed by atoms with Gasteiger partial charge in [0.1, 0.15) is 17.2 Å². The highest BCUT2D eigenvalue weighted by Crippen LogP contribution is 2.28. The Morgan fingerprint density at radius 2 is 1.20 bits per heavy atom. The van der Waals surface area contributed by atoms with Crippen LogP contribution in [0.4, 0.5) is 11.4 Å². The Kier molecular flexibility index (Phi) is 6.32. The predicted molar refractivity (Wildman–Crippen MR) is 126 cm³/mol. The molecule has 0 heterocycles. The lowest BCUT2D eigenvalue weighted by molar-refractivity contribution is 0.474. The topological polar surface area (TPSA) is 76.0 Å². The molecule has 5 heteroatoms. The number of rotatable bonds is 6. The Bertz CT molecular complexity index is 1100. The normalized spacial score (nSPS) is 11.3. The second-order valence-electron chi connectivity index (χ2n) is 7.19. The zero-order chi connectivity index (χ0) is 21.7. The van der Waals surface area contributed by atoms with Gasteiger partial charge < -0.3 is 25.5 Å². The standard InChI is InChI=1S/C25H26N2O3/c1-26-22-10-8-17(15-24(22)29)4-6-19-12-20(14-21(28)13-19)7-5-18-9-11-23(27(2)3)25(30)16-18/h4-16,26,28-30H,1-3H3. The Balaban J connectivity index is 1.80. The SMILES string of the molecule is CNc1ccc(C=Cc2cc(O)cc(C=Cc3ccc(N(C)C)c(O)c3)c2)cc1O. The van der Waals surface area contributed by atoms with E-state index in [1.165, 1.54) is 0 Å². The van der Waals surface area contributed by atoms with E-state index in [4.69, 9.17) is 0 Å². The van der Waals surface area contributed by atoms with Crippen molar-refractivity contribution in [2.24, 2.45) is 0 Å². The molecule has 0 aromatic heterocycles. The minimum atomic E-state index is 0.163. The molecule has 30 heavy (non-hydrogen) atoms. The van der Waals surface area contributed by atoms with Gasteiger partial charge >= 0.3 is 0 Å². The molecule has 0 amide bonds. The van der Waals surface area contributed by atoms with Crippen molar-refractivity contribution >= 4 is 35.7 Å². The van der Waals surface area contributed by atoms with E-state index in [0.717, 1.165) is 27.9 Å². The van der Waals surface area contributed by atoms with Gasteiger partial charge in [0.25, 0.3) is 0 Å². The zero-order valence-corrected chi connectivity index (χ0v) is 17.3. The highest BCUT2D eigenvalue weighted by atomic mass is 16.3. The van der Waals surface area contributed by atoms with Crippen molar-refractivity contribution in [2.75, 3.05) is 31.4 Å². The molecule has 0 saturated heterocycles. The molecular weight excluding hydrogens is 376 g/mol. The van der Waals surface area contributed by atoms with Gasteiger partial charge in [-0.25, -0.2) is 0 Å².